The lowest BCUT2D eigenvalue weighted by molar-refractivity contribution is -0.0159. The Balaban J connectivity index is 4.12. The summed E-state index contributed by atoms with van der Waals surface area (Å²) in [5, 5.41) is 11.1. The van der Waals surface area contributed by atoms with Crippen molar-refractivity contribution in [2.45, 2.75) is 122 Å². The van der Waals surface area contributed by atoms with Gasteiger partial charge < -0.3 is 9.53 Å². The van der Waals surface area contributed by atoms with Gasteiger partial charge in [0.05, 0.1) is 12.2 Å². The monoisotopic (exact) mass is 370 g/mol. The second-order valence-electron chi connectivity index (χ2n) is 9.34. The maximum atomic E-state index is 11.0. The molecule has 0 unspecified atom stereocenters. The first-order valence-electron chi connectivity index (χ1n) is 10.6. The van der Waals surface area contributed by atoms with Gasteiger partial charge in [-0.15, -0.1) is 6.58 Å². The lowest BCUT2D eigenvalue weighted by atomic mass is 9.93. The summed E-state index contributed by atoms with van der Waals surface area (Å²) in [6, 6.07) is 0. The number of rotatable bonds is 15. The molecule has 2 nitrogen and oxygen atoms in total. The van der Waals surface area contributed by atoms with Crippen LogP contribution in [0.25, 0.3) is 0 Å². The largest absolute Gasteiger partial charge is 0.414 e. The standard InChI is InChI=1S/C22H46O2Si/c1-8-10-11-12-13-14-15-16-17-19-22(23,18-9-2)20-24-25(6,7)21(3,4)5/h9,23H,2,8,10-20H2,1,3-7H3/t22-/m0/s1. The van der Waals surface area contributed by atoms with Crippen LogP contribution in [0.2, 0.25) is 18.1 Å². The van der Waals surface area contributed by atoms with E-state index in [-0.39, 0.29) is 5.04 Å². The van der Waals surface area contributed by atoms with E-state index in [4.69, 9.17) is 4.43 Å². The first-order valence-corrected chi connectivity index (χ1v) is 13.5. The molecule has 0 bridgehead atoms. The van der Waals surface area contributed by atoms with Gasteiger partial charge in [0, 0.05) is 0 Å². The Kier molecular flexibility index (Phi) is 12.2. The van der Waals surface area contributed by atoms with Crippen LogP contribution in [-0.2, 0) is 4.43 Å². The van der Waals surface area contributed by atoms with Crippen LogP contribution in [0.4, 0.5) is 0 Å². The molecule has 0 aromatic heterocycles. The molecule has 150 valence electrons. The number of aliphatic hydroxyl groups is 1. The molecule has 0 aromatic carbocycles. The Morgan fingerprint density at radius 2 is 1.40 bits per heavy atom. The minimum atomic E-state index is -1.81. The second-order valence-corrected chi connectivity index (χ2v) is 14.2. The molecule has 0 aliphatic rings. The van der Waals surface area contributed by atoms with Gasteiger partial charge in [-0.25, -0.2) is 0 Å². The van der Waals surface area contributed by atoms with Crippen molar-refractivity contribution in [3.63, 3.8) is 0 Å². The zero-order valence-electron chi connectivity index (χ0n) is 18.1. The molecule has 0 spiro atoms. The van der Waals surface area contributed by atoms with Gasteiger partial charge in [0.25, 0.3) is 0 Å². The maximum absolute atomic E-state index is 11.0. The van der Waals surface area contributed by atoms with Crippen molar-refractivity contribution in [1.29, 1.82) is 0 Å². The van der Waals surface area contributed by atoms with Gasteiger partial charge in [0.15, 0.2) is 8.32 Å². The quantitative estimate of drug-likeness (QED) is 0.187. The third kappa shape index (κ3) is 11.2. The third-order valence-corrected chi connectivity index (χ3v) is 10.3. The summed E-state index contributed by atoms with van der Waals surface area (Å²) >= 11 is 0. The lowest BCUT2D eigenvalue weighted by Crippen LogP contribution is -2.46. The predicted molar refractivity (Wildman–Crippen MR) is 115 cm³/mol. The number of unbranched alkanes of at least 4 members (excludes halogenated alkanes) is 8. The SMILES string of the molecule is C=CC[C@](O)(CCCCCCCCCCC)CO[Si](C)(C)C(C)(C)C. The fourth-order valence-corrected chi connectivity index (χ4v) is 3.86. The Bertz CT molecular complexity index is 346. The van der Waals surface area contributed by atoms with E-state index in [0.29, 0.717) is 13.0 Å². The second kappa shape index (κ2) is 12.3. The van der Waals surface area contributed by atoms with E-state index in [1.54, 1.807) is 0 Å². The van der Waals surface area contributed by atoms with Gasteiger partial charge >= 0.3 is 0 Å². The van der Waals surface area contributed by atoms with Gasteiger partial charge in [-0.3, -0.25) is 0 Å². The van der Waals surface area contributed by atoms with Crippen LogP contribution in [0.1, 0.15) is 98.3 Å². The molecule has 3 heteroatoms. The highest BCUT2D eigenvalue weighted by Gasteiger charge is 2.39. The fourth-order valence-electron chi connectivity index (χ4n) is 2.80. The molecule has 0 aliphatic carbocycles. The molecule has 0 fully saturated rings. The van der Waals surface area contributed by atoms with Gasteiger partial charge in [0.1, 0.15) is 0 Å². The molecule has 0 saturated carbocycles. The molecular weight excluding hydrogens is 324 g/mol. The molecule has 0 amide bonds. The first kappa shape index (κ1) is 24.9. The van der Waals surface area contributed by atoms with E-state index in [1.807, 2.05) is 6.08 Å². The Morgan fingerprint density at radius 3 is 1.84 bits per heavy atom. The molecule has 0 heterocycles. The van der Waals surface area contributed by atoms with E-state index in [0.717, 1.165) is 12.8 Å². The number of hydrogen-bond acceptors (Lipinski definition) is 2. The van der Waals surface area contributed by atoms with Crippen LogP contribution < -0.4 is 0 Å². The highest BCUT2D eigenvalue weighted by Crippen LogP contribution is 2.37. The van der Waals surface area contributed by atoms with E-state index in [1.165, 1.54) is 51.4 Å². The van der Waals surface area contributed by atoms with E-state index < -0.39 is 13.9 Å². The summed E-state index contributed by atoms with van der Waals surface area (Å²) in [5.41, 5.74) is -0.738. The molecule has 0 saturated heterocycles. The zero-order chi connectivity index (χ0) is 19.4. The lowest BCUT2D eigenvalue weighted by Gasteiger charge is -2.39. The van der Waals surface area contributed by atoms with Crippen molar-refractivity contribution >= 4 is 8.32 Å². The van der Waals surface area contributed by atoms with Crippen LogP contribution in [0, 0.1) is 0 Å². The van der Waals surface area contributed by atoms with E-state index in [9.17, 15) is 5.11 Å². The maximum Gasteiger partial charge on any atom is 0.192 e. The molecule has 1 N–H and O–H groups in total. The molecule has 0 aromatic rings. The molecule has 0 rings (SSSR count). The summed E-state index contributed by atoms with van der Waals surface area (Å²) in [7, 11) is -1.81. The minimum Gasteiger partial charge on any atom is -0.414 e. The summed E-state index contributed by atoms with van der Waals surface area (Å²) in [4.78, 5) is 0. The van der Waals surface area contributed by atoms with E-state index in [2.05, 4.69) is 47.4 Å². The summed E-state index contributed by atoms with van der Waals surface area (Å²) < 4.78 is 6.29. The highest BCUT2D eigenvalue weighted by atomic mass is 28.4. The third-order valence-electron chi connectivity index (χ3n) is 5.78. The van der Waals surface area contributed by atoms with Gasteiger partial charge in [-0.2, -0.15) is 0 Å². The topological polar surface area (TPSA) is 29.5 Å². The predicted octanol–water partition coefficient (Wildman–Crippen LogP) is 7.24. The van der Waals surface area contributed by atoms with Crippen molar-refractivity contribution in [3.8, 4) is 0 Å². The van der Waals surface area contributed by atoms with Crippen molar-refractivity contribution in [2.75, 3.05) is 6.61 Å². The van der Waals surface area contributed by atoms with Crippen molar-refractivity contribution in [2.24, 2.45) is 0 Å². The number of hydrogen-bond donors (Lipinski definition) is 1. The molecular formula is C22H46O2Si. The summed E-state index contributed by atoms with van der Waals surface area (Å²) in [6.07, 6.45) is 15.0. The van der Waals surface area contributed by atoms with Crippen LogP contribution in [0.5, 0.6) is 0 Å². The summed E-state index contributed by atoms with van der Waals surface area (Å²) in [6.45, 7) is 17.8. The normalized spacial score (nSPS) is 15.2. The van der Waals surface area contributed by atoms with Crippen LogP contribution >= 0.6 is 0 Å². The molecule has 0 radical (unpaired) electrons. The Morgan fingerprint density at radius 1 is 0.920 bits per heavy atom. The van der Waals surface area contributed by atoms with Crippen LogP contribution in [-0.4, -0.2) is 25.6 Å². The minimum absolute atomic E-state index is 0.180. The van der Waals surface area contributed by atoms with Gasteiger partial charge in [-0.05, 0) is 31.0 Å². The average Bonchev–Trinajstić information content (AvgIpc) is 2.51. The van der Waals surface area contributed by atoms with Crippen molar-refractivity contribution in [1.82, 2.24) is 0 Å². The molecule has 0 aliphatic heterocycles. The highest BCUT2D eigenvalue weighted by molar-refractivity contribution is 6.74. The summed E-state index contributed by atoms with van der Waals surface area (Å²) in [5.74, 6) is 0. The van der Waals surface area contributed by atoms with Crippen LogP contribution in [0.3, 0.4) is 0 Å². The smallest absolute Gasteiger partial charge is 0.192 e. The Labute approximate surface area is 159 Å². The van der Waals surface area contributed by atoms with Crippen molar-refractivity contribution < 1.29 is 9.53 Å². The fraction of sp³-hybridized carbons (Fsp3) is 0.909. The van der Waals surface area contributed by atoms with E-state index >= 15 is 0 Å². The van der Waals surface area contributed by atoms with Crippen LogP contribution in [0.15, 0.2) is 12.7 Å². The molecule has 1 atom stereocenters. The van der Waals surface area contributed by atoms with Gasteiger partial charge in [0.2, 0.25) is 0 Å². The first-order chi connectivity index (χ1) is 11.6. The van der Waals surface area contributed by atoms with Gasteiger partial charge in [-0.1, -0.05) is 91.6 Å². The zero-order valence-corrected chi connectivity index (χ0v) is 19.1. The average molecular weight is 371 g/mol. The van der Waals surface area contributed by atoms with Crippen molar-refractivity contribution in [3.05, 3.63) is 12.7 Å². The Hall–Kier alpha value is -0.123. The molecule has 25 heavy (non-hydrogen) atoms.